The van der Waals surface area contributed by atoms with Crippen molar-refractivity contribution in [1.82, 2.24) is 4.98 Å². The van der Waals surface area contributed by atoms with Crippen LogP contribution in [0.3, 0.4) is 0 Å². The Labute approximate surface area is 191 Å². The van der Waals surface area contributed by atoms with Gasteiger partial charge in [-0.25, -0.2) is 14.4 Å². The molecule has 0 unspecified atom stereocenters. The summed E-state index contributed by atoms with van der Waals surface area (Å²) in [6.07, 6.45) is 0. The number of ether oxygens (including phenoxy) is 3. The Morgan fingerprint density at radius 1 is 1.03 bits per heavy atom. The molecule has 2 heterocycles. The van der Waals surface area contributed by atoms with Crippen LogP contribution in [0.1, 0.15) is 44.0 Å². The fourth-order valence-electron chi connectivity index (χ4n) is 3.20. The third-order valence-electron chi connectivity index (χ3n) is 4.62. The predicted molar refractivity (Wildman–Crippen MR) is 116 cm³/mol. The molecule has 3 rings (SSSR count). The Balaban J connectivity index is 2.04. The molecule has 0 aliphatic rings. The third kappa shape index (κ3) is 4.70. The number of furan rings is 1. The van der Waals surface area contributed by atoms with Crippen molar-refractivity contribution in [1.29, 1.82) is 0 Å². The molecular formula is C22H20N2O10. The van der Waals surface area contributed by atoms with E-state index in [4.69, 9.17) is 19.6 Å². The van der Waals surface area contributed by atoms with Crippen LogP contribution in [0.5, 0.6) is 11.5 Å². The number of nitrogen functional groups attached to an aromatic ring is 1. The number of aromatic nitrogens is 1. The molecule has 0 fully saturated rings. The Kier molecular flexibility index (Phi) is 6.90. The summed E-state index contributed by atoms with van der Waals surface area (Å²) in [4.78, 5) is 49.4. The molecule has 3 aromatic rings. The fraction of sp³-hybridized carbons (Fsp3) is 0.182. The van der Waals surface area contributed by atoms with E-state index in [2.05, 4.69) is 4.74 Å². The SMILES string of the molecule is CCOc1cc(-c2c(C(=O)O)c(N)[nH]c(=O)c2C(=O)O)ccc1OCc1ccc(C(=O)OC)o1. The molecule has 0 radical (unpaired) electrons. The number of aromatic carboxylic acids is 2. The van der Waals surface area contributed by atoms with Crippen molar-refractivity contribution in [2.45, 2.75) is 13.5 Å². The van der Waals surface area contributed by atoms with Gasteiger partial charge in [0, 0.05) is 5.56 Å². The predicted octanol–water partition coefficient (Wildman–Crippen LogP) is 2.38. The number of methoxy groups -OCH3 is 1. The van der Waals surface area contributed by atoms with Crippen LogP contribution >= 0.6 is 0 Å². The Hall–Kier alpha value is -4.74. The van der Waals surface area contributed by atoms with Gasteiger partial charge in [0.2, 0.25) is 5.76 Å². The summed E-state index contributed by atoms with van der Waals surface area (Å²) in [5.74, 6) is -3.62. The number of nitrogens with one attached hydrogen (secondary N) is 1. The highest BCUT2D eigenvalue weighted by Crippen LogP contribution is 2.36. The molecule has 0 saturated heterocycles. The molecule has 0 atom stereocenters. The highest BCUT2D eigenvalue weighted by molar-refractivity contribution is 6.07. The number of carboxylic acids is 2. The van der Waals surface area contributed by atoms with Crippen LogP contribution in [0.15, 0.2) is 39.5 Å². The molecule has 12 nitrogen and oxygen atoms in total. The number of benzene rings is 1. The molecule has 178 valence electrons. The molecule has 12 heteroatoms. The second kappa shape index (κ2) is 9.81. The van der Waals surface area contributed by atoms with E-state index in [-0.39, 0.29) is 41.6 Å². The van der Waals surface area contributed by atoms with Crippen molar-refractivity contribution in [2.75, 3.05) is 19.5 Å². The van der Waals surface area contributed by atoms with Crippen LogP contribution in [0.2, 0.25) is 0 Å². The number of aromatic amines is 1. The normalized spacial score (nSPS) is 10.5. The first-order valence-corrected chi connectivity index (χ1v) is 9.77. The lowest BCUT2D eigenvalue weighted by molar-refractivity contribution is 0.0559. The molecule has 0 aliphatic heterocycles. The first-order valence-electron chi connectivity index (χ1n) is 9.77. The van der Waals surface area contributed by atoms with Crippen LogP contribution < -0.4 is 20.8 Å². The number of pyridine rings is 1. The molecule has 0 spiro atoms. The summed E-state index contributed by atoms with van der Waals surface area (Å²) in [7, 11) is 1.22. The second-order valence-electron chi connectivity index (χ2n) is 6.74. The zero-order valence-electron chi connectivity index (χ0n) is 18.0. The van der Waals surface area contributed by atoms with Gasteiger partial charge >= 0.3 is 17.9 Å². The minimum atomic E-state index is -1.63. The fourth-order valence-corrected chi connectivity index (χ4v) is 3.20. The van der Waals surface area contributed by atoms with Crippen molar-refractivity contribution >= 4 is 23.7 Å². The topological polar surface area (TPSA) is 191 Å². The van der Waals surface area contributed by atoms with Crippen LogP contribution in [0.25, 0.3) is 11.1 Å². The summed E-state index contributed by atoms with van der Waals surface area (Å²) in [6.45, 7) is 1.81. The van der Waals surface area contributed by atoms with E-state index in [0.29, 0.717) is 5.76 Å². The molecular weight excluding hydrogens is 452 g/mol. The molecule has 1 aromatic carbocycles. The van der Waals surface area contributed by atoms with Crippen molar-refractivity contribution in [3.8, 4) is 22.6 Å². The highest BCUT2D eigenvalue weighted by atomic mass is 16.5. The lowest BCUT2D eigenvalue weighted by Crippen LogP contribution is -2.24. The first-order chi connectivity index (χ1) is 16.2. The molecule has 0 saturated carbocycles. The van der Waals surface area contributed by atoms with Gasteiger partial charge in [-0.05, 0) is 36.8 Å². The minimum absolute atomic E-state index is 0.00392. The largest absolute Gasteiger partial charge is 0.490 e. The van der Waals surface area contributed by atoms with Gasteiger partial charge in [-0.15, -0.1) is 0 Å². The lowest BCUT2D eigenvalue weighted by atomic mass is 9.95. The molecule has 5 N–H and O–H groups in total. The lowest BCUT2D eigenvalue weighted by Gasteiger charge is -2.16. The van der Waals surface area contributed by atoms with Crippen LogP contribution in [-0.4, -0.2) is 46.8 Å². The number of H-pyrrole nitrogens is 1. The number of anilines is 1. The van der Waals surface area contributed by atoms with Crippen molar-refractivity contribution < 1.29 is 43.2 Å². The number of carboxylic acid groups (broad SMARTS) is 2. The number of rotatable bonds is 9. The third-order valence-corrected chi connectivity index (χ3v) is 4.62. The summed E-state index contributed by atoms with van der Waals surface area (Å²) >= 11 is 0. The maximum atomic E-state index is 12.3. The number of hydrogen-bond donors (Lipinski definition) is 4. The summed E-state index contributed by atoms with van der Waals surface area (Å²) in [6, 6.07) is 7.08. The smallest absolute Gasteiger partial charge is 0.373 e. The standard InChI is InChI=1S/C22H20N2O10/c1-3-32-14-8-10(15-16(20(26)27)18(23)24-19(25)17(15)21(28)29)4-6-12(14)33-9-11-5-7-13(34-11)22(30)31-2/h4-8H,3,9H2,1-2H3,(H,26,27)(H,28,29)(H3,23,24,25). The maximum Gasteiger partial charge on any atom is 0.373 e. The second-order valence-corrected chi connectivity index (χ2v) is 6.74. The van der Waals surface area contributed by atoms with E-state index in [0.717, 1.165) is 0 Å². The zero-order chi connectivity index (χ0) is 25.0. The van der Waals surface area contributed by atoms with E-state index in [1.807, 2.05) is 4.98 Å². The van der Waals surface area contributed by atoms with Gasteiger partial charge in [-0.2, -0.15) is 0 Å². The Morgan fingerprint density at radius 2 is 1.74 bits per heavy atom. The summed E-state index contributed by atoms with van der Waals surface area (Å²) in [5.41, 5.74) is 2.96. The van der Waals surface area contributed by atoms with Crippen LogP contribution in [0.4, 0.5) is 5.82 Å². The van der Waals surface area contributed by atoms with Gasteiger partial charge in [-0.3, -0.25) is 4.79 Å². The molecule has 0 bridgehead atoms. The maximum absolute atomic E-state index is 12.3. The van der Waals surface area contributed by atoms with Crippen LogP contribution in [-0.2, 0) is 11.3 Å². The van der Waals surface area contributed by atoms with Gasteiger partial charge < -0.3 is 39.6 Å². The number of carbonyl (C=O) groups is 3. The van der Waals surface area contributed by atoms with Crippen molar-refractivity contribution in [3.05, 3.63) is 63.3 Å². The Bertz CT molecular complexity index is 1320. The number of nitrogens with two attached hydrogens (primary N) is 1. The zero-order valence-corrected chi connectivity index (χ0v) is 18.0. The van der Waals surface area contributed by atoms with Gasteiger partial charge in [-0.1, -0.05) is 6.07 Å². The average Bonchev–Trinajstić information content (AvgIpc) is 3.25. The number of carbonyl (C=O) groups excluding carboxylic acids is 1. The highest BCUT2D eigenvalue weighted by Gasteiger charge is 2.27. The van der Waals surface area contributed by atoms with E-state index < -0.39 is 40.4 Å². The summed E-state index contributed by atoms with van der Waals surface area (Å²) in [5, 5.41) is 19.2. The molecule has 34 heavy (non-hydrogen) atoms. The summed E-state index contributed by atoms with van der Waals surface area (Å²) < 4.78 is 21.2. The number of hydrogen-bond acceptors (Lipinski definition) is 9. The average molecular weight is 472 g/mol. The van der Waals surface area contributed by atoms with E-state index in [9.17, 15) is 29.4 Å². The first kappa shape index (κ1) is 23.9. The van der Waals surface area contributed by atoms with Gasteiger partial charge in [0.15, 0.2) is 11.5 Å². The van der Waals surface area contributed by atoms with Crippen molar-refractivity contribution in [2.24, 2.45) is 0 Å². The van der Waals surface area contributed by atoms with Gasteiger partial charge in [0.25, 0.3) is 5.56 Å². The van der Waals surface area contributed by atoms with Gasteiger partial charge in [0.05, 0.1) is 13.7 Å². The minimum Gasteiger partial charge on any atom is -0.490 e. The molecule has 2 aromatic heterocycles. The molecule has 0 aliphatic carbocycles. The van der Waals surface area contributed by atoms with Crippen molar-refractivity contribution in [3.63, 3.8) is 0 Å². The monoisotopic (exact) mass is 472 g/mol. The van der Waals surface area contributed by atoms with E-state index in [1.54, 1.807) is 6.92 Å². The van der Waals surface area contributed by atoms with E-state index in [1.165, 1.54) is 37.4 Å². The quantitative estimate of drug-likeness (QED) is 0.334. The Morgan fingerprint density at radius 3 is 2.35 bits per heavy atom. The molecule has 0 amide bonds. The van der Waals surface area contributed by atoms with Crippen LogP contribution in [0, 0.1) is 0 Å². The number of esters is 1. The van der Waals surface area contributed by atoms with Gasteiger partial charge in [0.1, 0.15) is 29.3 Å². The van der Waals surface area contributed by atoms with E-state index >= 15 is 0 Å².